The van der Waals surface area contributed by atoms with E-state index in [9.17, 15) is 14.7 Å². The number of carboxylic acid groups (broad SMARTS) is 1. The molecule has 2 N–H and O–H groups in total. The third-order valence-electron chi connectivity index (χ3n) is 3.62. The molecule has 0 aliphatic rings. The normalized spacial score (nSPS) is 12.5. The number of rotatable bonds is 6. The van der Waals surface area contributed by atoms with Gasteiger partial charge in [0.15, 0.2) is 0 Å². The molecule has 7 nitrogen and oxygen atoms in total. The second-order valence-corrected chi connectivity index (χ2v) is 8.37. The van der Waals surface area contributed by atoms with Crippen molar-refractivity contribution in [3.63, 3.8) is 0 Å². The fourth-order valence-electron chi connectivity index (χ4n) is 2.15. The Labute approximate surface area is 164 Å². The average molecular weight is 416 g/mol. The van der Waals surface area contributed by atoms with Gasteiger partial charge in [-0.15, -0.1) is 10.2 Å². The molecule has 0 saturated heterocycles. The molecule has 0 saturated carbocycles. The maximum absolute atomic E-state index is 12.3. The van der Waals surface area contributed by atoms with Crippen LogP contribution in [0.4, 0.5) is 10.3 Å². The van der Waals surface area contributed by atoms with E-state index in [0.29, 0.717) is 5.13 Å². The molecule has 0 aliphatic carbocycles. The van der Waals surface area contributed by atoms with E-state index in [1.807, 2.05) is 20.8 Å². The summed E-state index contributed by atoms with van der Waals surface area (Å²) in [6, 6.07) is 4.75. The van der Waals surface area contributed by atoms with Gasteiger partial charge in [0.1, 0.15) is 0 Å². The third-order valence-corrected chi connectivity index (χ3v) is 5.05. The molecule has 0 bridgehead atoms. The van der Waals surface area contributed by atoms with Gasteiger partial charge in [-0.25, -0.2) is 0 Å². The molecular weight excluding hydrogens is 399 g/mol. The smallest absolute Gasteiger partial charge is 0.260 e. The van der Waals surface area contributed by atoms with E-state index >= 15 is 0 Å². The molecule has 0 radical (unpaired) electrons. The van der Waals surface area contributed by atoms with E-state index < -0.39 is 23.2 Å². The number of anilines is 2. The van der Waals surface area contributed by atoms with Crippen molar-refractivity contribution in [2.75, 3.05) is 17.2 Å². The lowest BCUT2D eigenvalue weighted by Gasteiger charge is -2.31. The first kappa shape index (κ1) is 20.4. The van der Waals surface area contributed by atoms with Crippen molar-refractivity contribution in [1.82, 2.24) is 10.2 Å². The molecule has 1 heterocycles. The number of aromatic nitrogens is 2. The van der Waals surface area contributed by atoms with Crippen LogP contribution in [0, 0.1) is 11.3 Å². The number of aliphatic carboxylic acids is 1. The van der Waals surface area contributed by atoms with E-state index in [0.717, 1.165) is 11.3 Å². The van der Waals surface area contributed by atoms with E-state index in [1.54, 1.807) is 18.2 Å². The number of carboxylic acids is 1. The lowest BCUT2D eigenvalue weighted by molar-refractivity contribution is -0.314. The van der Waals surface area contributed by atoms with Crippen LogP contribution in [0.25, 0.3) is 0 Å². The van der Waals surface area contributed by atoms with Crippen molar-refractivity contribution in [2.24, 2.45) is 11.3 Å². The van der Waals surface area contributed by atoms with Crippen LogP contribution in [0.2, 0.25) is 10.0 Å². The Morgan fingerprint density at radius 1 is 1.19 bits per heavy atom. The lowest BCUT2D eigenvalue weighted by Crippen LogP contribution is -2.42. The maximum atomic E-state index is 12.3. The summed E-state index contributed by atoms with van der Waals surface area (Å²) in [6.07, 6.45) is 0. The van der Waals surface area contributed by atoms with Gasteiger partial charge in [-0.05, 0) is 17.5 Å². The highest BCUT2D eigenvalue weighted by atomic mass is 35.5. The number of nitrogens with one attached hydrogen (secondary N) is 2. The first-order valence-electron chi connectivity index (χ1n) is 7.63. The zero-order valence-corrected chi connectivity index (χ0v) is 16.6. The zero-order valence-electron chi connectivity index (χ0n) is 14.3. The Kier molecular flexibility index (Phi) is 6.44. The van der Waals surface area contributed by atoms with Crippen LogP contribution in [-0.2, 0) is 4.79 Å². The monoisotopic (exact) mass is 415 g/mol. The van der Waals surface area contributed by atoms with Crippen molar-refractivity contribution in [1.29, 1.82) is 0 Å². The Balaban J connectivity index is 2.04. The lowest BCUT2D eigenvalue weighted by atomic mass is 9.81. The van der Waals surface area contributed by atoms with Crippen molar-refractivity contribution in [3.8, 4) is 0 Å². The Morgan fingerprint density at radius 2 is 1.77 bits per heavy atom. The molecule has 26 heavy (non-hydrogen) atoms. The summed E-state index contributed by atoms with van der Waals surface area (Å²) in [6.45, 7) is 5.57. The van der Waals surface area contributed by atoms with E-state index in [4.69, 9.17) is 23.2 Å². The average Bonchev–Trinajstić information content (AvgIpc) is 2.92. The van der Waals surface area contributed by atoms with Crippen molar-refractivity contribution in [3.05, 3.63) is 33.8 Å². The molecule has 2 aromatic rings. The highest BCUT2D eigenvalue weighted by Crippen LogP contribution is 2.28. The van der Waals surface area contributed by atoms with Gasteiger partial charge in [-0.3, -0.25) is 10.1 Å². The van der Waals surface area contributed by atoms with Crippen LogP contribution in [-0.4, -0.2) is 28.6 Å². The highest BCUT2D eigenvalue weighted by Gasteiger charge is 2.26. The Morgan fingerprint density at radius 3 is 2.31 bits per heavy atom. The summed E-state index contributed by atoms with van der Waals surface area (Å²) < 4.78 is 0. The largest absolute Gasteiger partial charge is 0.550 e. The van der Waals surface area contributed by atoms with Gasteiger partial charge in [-0.1, -0.05) is 61.4 Å². The minimum atomic E-state index is -1.14. The maximum Gasteiger partial charge on any atom is 0.260 e. The summed E-state index contributed by atoms with van der Waals surface area (Å²) in [5.74, 6) is -2.37. The third kappa shape index (κ3) is 5.06. The van der Waals surface area contributed by atoms with Crippen LogP contribution in [0.3, 0.4) is 0 Å². The van der Waals surface area contributed by atoms with Gasteiger partial charge >= 0.3 is 0 Å². The highest BCUT2D eigenvalue weighted by molar-refractivity contribution is 7.19. The molecule has 1 aromatic heterocycles. The Hall–Kier alpha value is -1.90. The number of hydrogen-bond donors (Lipinski definition) is 2. The van der Waals surface area contributed by atoms with E-state index in [1.165, 1.54) is 0 Å². The van der Waals surface area contributed by atoms with Crippen molar-refractivity contribution >= 4 is 56.7 Å². The minimum absolute atomic E-state index is 0.130. The molecule has 1 amide bonds. The summed E-state index contributed by atoms with van der Waals surface area (Å²) in [7, 11) is 0. The molecule has 1 atom stereocenters. The van der Waals surface area contributed by atoms with Gasteiger partial charge in [-0.2, -0.15) is 0 Å². The van der Waals surface area contributed by atoms with Gasteiger partial charge in [0.25, 0.3) is 5.91 Å². The second kappa shape index (κ2) is 8.20. The standard InChI is InChI=1S/C16H18Cl2N4O3S/c1-16(2,3)8(13(24)25)7-19-14-21-22-15(26-14)20-12(23)11-9(17)5-4-6-10(11)18/h4-6,8H,7H2,1-3H3,(H,19,21)(H,24,25)(H,20,22,23)/p-1. The number of halogens is 2. The van der Waals surface area contributed by atoms with Gasteiger partial charge in [0.05, 0.1) is 15.6 Å². The number of benzene rings is 1. The molecule has 10 heteroatoms. The van der Waals surface area contributed by atoms with Crippen molar-refractivity contribution < 1.29 is 14.7 Å². The second-order valence-electron chi connectivity index (χ2n) is 6.58. The fraction of sp³-hybridized carbons (Fsp3) is 0.375. The summed E-state index contributed by atoms with van der Waals surface area (Å²) in [5, 5.41) is 25.5. The van der Waals surface area contributed by atoms with Crippen LogP contribution in [0.1, 0.15) is 31.1 Å². The SMILES string of the molecule is CC(C)(C)C(CNc1nnc(NC(=O)c2c(Cl)cccc2Cl)s1)C(=O)[O-]. The molecule has 0 spiro atoms. The zero-order chi connectivity index (χ0) is 19.5. The minimum Gasteiger partial charge on any atom is -0.550 e. The molecule has 1 unspecified atom stereocenters. The topological polar surface area (TPSA) is 107 Å². The predicted molar refractivity (Wildman–Crippen MR) is 101 cm³/mol. The van der Waals surface area contributed by atoms with E-state index in [-0.39, 0.29) is 27.3 Å². The van der Waals surface area contributed by atoms with E-state index in [2.05, 4.69) is 20.8 Å². The van der Waals surface area contributed by atoms with Crippen LogP contribution >= 0.6 is 34.5 Å². The Bertz CT molecular complexity index is 800. The number of nitrogens with zero attached hydrogens (tertiary/aromatic N) is 2. The first-order chi connectivity index (χ1) is 12.1. The molecule has 0 aliphatic heterocycles. The molecule has 140 valence electrons. The molecular formula is C16H17Cl2N4O3S-. The molecule has 2 rings (SSSR count). The van der Waals surface area contributed by atoms with Gasteiger partial charge in [0, 0.05) is 18.4 Å². The molecule has 1 aromatic carbocycles. The van der Waals surface area contributed by atoms with Gasteiger partial charge < -0.3 is 15.2 Å². The van der Waals surface area contributed by atoms with Crippen LogP contribution in [0.15, 0.2) is 18.2 Å². The summed E-state index contributed by atoms with van der Waals surface area (Å²) >= 11 is 13.1. The molecule has 0 fully saturated rings. The quantitative estimate of drug-likeness (QED) is 0.750. The number of carbonyl (C=O) groups excluding carboxylic acids is 2. The summed E-state index contributed by atoms with van der Waals surface area (Å²) in [5.41, 5.74) is -0.334. The number of amides is 1. The fourth-order valence-corrected chi connectivity index (χ4v) is 3.37. The summed E-state index contributed by atoms with van der Waals surface area (Å²) in [4.78, 5) is 23.6. The first-order valence-corrected chi connectivity index (χ1v) is 9.20. The predicted octanol–water partition coefficient (Wildman–Crippen LogP) is 2.92. The van der Waals surface area contributed by atoms with Crippen LogP contribution < -0.4 is 15.7 Å². The number of carbonyl (C=O) groups is 2. The van der Waals surface area contributed by atoms with Crippen molar-refractivity contribution in [2.45, 2.75) is 20.8 Å². The van der Waals surface area contributed by atoms with Gasteiger partial charge in [0.2, 0.25) is 10.3 Å². The number of hydrogen-bond acceptors (Lipinski definition) is 7. The van der Waals surface area contributed by atoms with Crippen LogP contribution in [0.5, 0.6) is 0 Å².